The summed E-state index contributed by atoms with van der Waals surface area (Å²) in [5.74, 6) is -0.0213. The van der Waals surface area contributed by atoms with Gasteiger partial charge in [0.25, 0.3) is 8.32 Å². The number of methoxy groups -OCH3 is 1. The second-order valence-electron chi connectivity index (χ2n) is 17.6. The van der Waals surface area contributed by atoms with Crippen molar-refractivity contribution in [2.45, 2.75) is 129 Å². The maximum Gasteiger partial charge on any atom is 0.261 e. The van der Waals surface area contributed by atoms with Gasteiger partial charge in [0.15, 0.2) is 8.32 Å². The summed E-state index contributed by atoms with van der Waals surface area (Å²) < 4.78 is 40.7. The molecule has 1 spiro atoms. The highest BCUT2D eigenvalue weighted by Gasteiger charge is 2.55. The highest BCUT2D eigenvalue weighted by Crippen LogP contribution is 2.46. The zero-order valence-corrected chi connectivity index (χ0v) is 35.7. The van der Waals surface area contributed by atoms with Gasteiger partial charge in [-0.2, -0.15) is 0 Å². The fourth-order valence-corrected chi connectivity index (χ4v) is 13.4. The molecule has 0 aliphatic carbocycles. The van der Waals surface area contributed by atoms with E-state index in [-0.39, 0.29) is 34.3 Å². The molecule has 6 nitrogen and oxygen atoms in total. The smallest absolute Gasteiger partial charge is 0.261 e. The highest BCUT2D eigenvalue weighted by atomic mass is 28.4. The molecule has 2 aliphatic heterocycles. The molecule has 5 rings (SSSR count). The molecular weight excluding hydrogens is 681 g/mol. The van der Waals surface area contributed by atoms with Gasteiger partial charge < -0.3 is 27.8 Å². The lowest BCUT2D eigenvalue weighted by Crippen LogP contribution is -2.67. The SMILES string of the molecule is COc1ccc(COC[C@@H](C)[C@@H]2CC(C)=CC3(O[C@H](CO[Si](c4ccccc4)(c4ccccc4)C(C)(C)C)CC[C@H]3O[Si](C)(C)C(C)(C)C)O2)cc1. The molecule has 0 N–H and O–H groups in total. The Hall–Kier alpha value is -2.57. The van der Waals surface area contributed by atoms with Gasteiger partial charge in [-0.15, -0.1) is 0 Å². The van der Waals surface area contributed by atoms with Crippen molar-refractivity contribution in [1.29, 1.82) is 0 Å². The number of benzene rings is 3. The Morgan fingerprint density at radius 1 is 0.808 bits per heavy atom. The van der Waals surface area contributed by atoms with E-state index in [9.17, 15) is 0 Å². The number of hydrogen-bond acceptors (Lipinski definition) is 6. The minimum atomic E-state index is -2.75. The fraction of sp³-hybridized carbons (Fsp3) is 0.545. The summed E-state index contributed by atoms with van der Waals surface area (Å²) in [5.41, 5.74) is 2.38. The van der Waals surface area contributed by atoms with Crippen LogP contribution in [0.2, 0.25) is 23.2 Å². The first-order chi connectivity index (χ1) is 24.5. The molecule has 284 valence electrons. The summed E-state index contributed by atoms with van der Waals surface area (Å²) in [6, 6.07) is 29.7. The maximum absolute atomic E-state index is 7.42. The zero-order chi connectivity index (χ0) is 37.8. The van der Waals surface area contributed by atoms with Crippen LogP contribution in [0.25, 0.3) is 0 Å². The van der Waals surface area contributed by atoms with Crippen molar-refractivity contribution in [3.8, 4) is 5.75 Å². The topological polar surface area (TPSA) is 55.4 Å². The molecule has 0 aromatic heterocycles. The summed E-state index contributed by atoms with van der Waals surface area (Å²) in [4.78, 5) is 0. The minimum Gasteiger partial charge on any atom is -0.497 e. The molecule has 2 aliphatic rings. The van der Waals surface area contributed by atoms with E-state index in [0.29, 0.717) is 19.8 Å². The largest absolute Gasteiger partial charge is 0.497 e. The van der Waals surface area contributed by atoms with Crippen molar-refractivity contribution in [2.24, 2.45) is 5.92 Å². The summed E-state index contributed by atoms with van der Waals surface area (Å²) in [6.45, 7) is 24.5. The maximum atomic E-state index is 7.42. The van der Waals surface area contributed by atoms with Gasteiger partial charge in [-0.25, -0.2) is 0 Å². The van der Waals surface area contributed by atoms with Crippen molar-refractivity contribution in [1.82, 2.24) is 0 Å². The Labute approximate surface area is 316 Å². The molecular formula is C44H64O6Si2. The van der Waals surface area contributed by atoms with Crippen LogP contribution in [0.5, 0.6) is 5.75 Å². The number of rotatable bonds is 13. The predicted molar refractivity (Wildman–Crippen MR) is 218 cm³/mol. The Balaban J connectivity index is 1.41. The molecule has 5 atom stereocenters. The summed E-state index contributed by atoms with van der Waals surface area (Å²) in [5, 5.41) is 2.46. The molecule has 0 amide bonds. The summed E-state index contributed by atoms with van der Waals surface area (Å²) >= 11 is 0. The van der Waals surface area contributed by atoms with Crippen molar-refractivity contribution in [3.63, 3.8) is 0 Å². The van der Waals surface area contributed by atoms with E-state index in [1.807, 2.05) is 12.1 Å². The third-order valence-corrected chi connectivity index (χ3v) is 20.9. The molecule has 0 saturated carbocycles. The van der Waals surface area contributed by atoms with Crippen LogP contribution in [0.15, 0.2) is 96.6 Å². The number of hydrogen-bond donors (Lipinski definition) is 0. The summed E-state index contributed by atoms with van der Waals surface area (Å²) in [6.07, 6.45) is 4.26. The van der Waals surface area contributed by atoms with Gasteiger partial charge in [0.05, 0.1) is 39.1 Å². The van der Waals surface area contributed by atoms with E-state index in [4.69, 9.17) is 27.8 Å². The van der Waals surface area contributed by atoms with Crippen LogP contribution < -0.4 is 15.1 Å². The Morgan fingerprint density at radius 3 is 1.94 bits per heavy atom. The lowest BCUT2D eigenvalue weighted by atomic mass is 9.89. The van der Waals surface area contributed by atoms with E-state index in [2.05, 4.69) is 147 Å². The first-order valence-corrected chi connectivity index (χ1v) is 24.0. The molecule has 3 aromatic carbocycles. The van der Waals surface area contributed by atoms with Gasteiger partial charge in [-0.05, 0) is 83.5 Å². The molecule has 2 heterocycles. The van der Waals surface area contributed by atoms with E-state index < -0.39 is 22.4 Å². The number of ether oxygens (including phenoxy) is 4. The van der Waals surface area contributed by atoms with Crippen LogP contribution in [0, 0.1) is 5.92 Å². The highest BCUT2D eigenvalue weighted by molar-refractivity contribution is 6.99. The van der Waals surface area contributed by atoms with E-state index >= 15 is 0 Å². The second-order valence-corrected chi connectivity index (χ2v) is 26.6. The Kier molecular flexibility index (Phi) is 12.8. The molecule has 3 aromatic rings. The molecule has 8 heteroatoms. The van der Waals surface area contributed by atoms with E-state index in [1.54, 1.807) is 7.11 Å². The fourth-order valence-electron chi connectivity index (χ4n) is 7.48. The Bertz CT molecular complexity index is 1560. The normalized spacial score (nSPS) is 23.7. The first kappa shape index (κ1) is 40.6. The van der Waals surface area contributed by atoms with Crippen molar-refractivity contribution >= 4 is 27.0 Å². The van der Waals surface area contributed by atoms with Crippen molar-refractivity contribution < 1.29 is 27.8 Å². The van der Waals surface area contributed by atoms with Gasteiger partial charge in [0.1, 0.15) is 11.9 Å². The average Bonchev–Trinajstić information content (AvgIpc) is 3.09. The zero-order valence-electron chi connectivity index (χ0n) is 33.7. The van der Waals surface area contributed by atoms with E-state index in [0.717, 1.165) is 30.6 Å². The van der Waals surface area contributed by atoms with Crippen molar-refractivity contribution in [2.75, 3.05) is 20.3 Å². The van der Waals surface area contributed by atoms with Crippen LogP contribution in [0.4, 0.5) is 0 Å². The van der Waals surface area contributed by atoms with Gasteiger partial charge in [-0.1, -0.05) is 127 Å². The van der Waals surface area contributed by atoms with Crippen LogP contribution in [-0.2, 0) is 29.7 Å². The third-order valence-electron chi connectivity index (χ3n) is 11.4. The lowest BCUT2D eigenvalue weighted by molar-refractivity contribution is -0.318. The summed E-state index contributed by atoms with van der Waals surface area (Å²) in [7, 11) is -3.24. The molecule has 1 unspecified atom stereocenters. The predicted octanol–water partition coefficient (Wildman–Crippen LogP) is 9.43. The minimum absolute atomic E-state index is 0.0485. The van der Waals surface area contributed by atoms with Gasteiger partial charge in [0, 0.05) is 5.92 Å². The second kappa shape index (κ2) is 16.4. The molecule has 0 bridgehead atoms. The van der Waals surface area contributed by atoms with Gasteiger partial charge in [-0.3, -0.25) is 0 Å². The molecule has 52 heavy (non-hydrogen) atoms. The average molecular weight is 745 g/mol. The molecule has 1 saturated heterocycles. The monoisotopic (exact) mass is 744 g/mol. The Morgan fingerprint density at radius 2 is 1.40 bits per heavy atom. The third kappa shape index (κ3) is 9.03. The van der Waals surface area contributed by atoms with Gasteiger partial charge >= 0.3 is 0 Å². The lowest BCUT2D eigenvalue weighted by Gasteiger charge is -2.52. The first-order valence-electron chi connectivity index (χ1n) is 19.2. The van der Waals surface area contributed by atoms with Crippen LogP contribution in [0.3, 0.4) is 0 Å². The van der Waals surface area contributed by atoms with Crippen LogP contribution >= 0.6 is 0 Å². The molecule has 0 radical (unpaired) electrons. The van der Waals surface area contributed by atoms with Crippen LogP contribution in [-0.4, -0.2) is 61.1 Å². The van der Waals surface area contributed by atoms with Crippen molar-refractivity contribution in [3.05, 3.63) is 102 Å². The van der Waals surface area contributed by atoms with E-state index in [1.165, 1.54) is 15.9 Å². The molecule has 1 fully saturated rings. The standard InChI is InChI=1S/C44H64O6Si2/c1-33-28-40(34(2)30-46-31-35-22-24-36(45-9)25-23-35)49-44(29-33)41(50-51(10,11)42(3,4)5)27-26-37(48-44)32-47-52(43(6,7)8,38-18-14-12-15-19-38)39-20-16-13-17-21-39/h12-25,29,34,37,40-41H,26-28,30-32H2,1-11H3/t34-,37+,40+,41-,44?/m1/s1. The van der Waals surface area contributed by atoms with Gasteiger partial charge in [0.2, 0.25) is 5.79 Å². The van der Waals surface area contributed by atoms with Crippen LogP contribution in [0.1, 0.15) is 80.2 Å². The quantitative estimate of drug-likeness (QED) is 0.129.